The minimum atomic E-state index is 0.882. The van der Waals surface area contributed by atoms with E-state index < -0.39 is 0 Å². The van der Waals surface area contributed by atoms with Crippen molar-refractivity contribution in [2.45, 2.75) is 0 Å². The second-order valence-electron chi connectivity index (χ2n) is 14.4. The SMILES string of the molecule is c1ccc(-c2ccc(N(c3cccc(-n4c5ccccc5c5cccnc54)c3)c3ccc(-c4ccccc4)c(-c4cccc5c4oc4ccccc45)c3)cc2)cc1. The van der Waals surface area contributed by atoms with Crippen LogP contribution in [0.2, 0.25) is 0 Å². The normalized spacial score (nSPS) is 11.5. The van der Waals surface area contributed by atoms with Gasteiger partial charge in [-0.1, -0.05) is 140 Å². The molecule has 268 valence electrons. The fourth-order valence-corrected chi connectivity index (χ4v) is 8.43. The second-order valence-corrected chi connectivity index (χ2v) is 14.4. The van der Waals surface area contributed by atoms with Gasteiger partial charge in [0.05, 0.1) is 5.52 Å². The minimum Gasteiger partial charge on any atom is -0.455 e. The van der Waals surface area contributed by atoms with Gasteiger partial charge in [-0.3, -0.25) is 4.57 Å². The van der Waals surface area contributed by atoms with Crippen LogP contribution in [0.5, 0.6) is 0 Å². The number of anilines is 3. The lowest BCUT2D eigenvalue weighted by molar-refractivity contribution is 0.670. The van der Waals surface area contributed by atoms with Gasteiger partial charge in [-0.25, -0.2) is 4.98 Å². The van der Waals surface area contributed by atoms with E-state index in [0.717, 1.165) is 83.5 Å². The van der Waals surface area contributed by atoms with Crippen molar-refractivity contribution in [1.82, 2.24) is 9.55 Å². The maximum atomic E-state index is 6.66. The zero-order valence-corrected chi connectivity index (χ0v) is 31.0. The number of rotatable bonds is 7. The van der Waals surface area contributed by atoms with Crippen LogP contribution >= 0.6 is 0 Å². The molecule has 0 spiro atoms. The van der Waals surface area contributed by atoms with E-state index in [0.29, 0.717) is 0 Å². The maximum absolute atomic E-state index is 6.66. The van der Waals surface area contributed by atoms with E-state index in [1.807, 2.05) is 24.4 Å². The first-order chi connectivity index (χ1) is 28.3. The largest absolute Gasteiger partial charge is 0.455 e. The Kier molecular flexibility index (Phi) is 7.78. The molecule has 0 saturated carbocycles. The van der Waals surface area contributed by atoms with Gasteiger partial charge in [0.1, 0.15) is 16.8 Å². The number of hydrogen-bond donors (Lipinski definition) is 0. The van der Waals surface area contributed by atoms with Gasteiger partial charge in [-0.05, 0) is 94.5 Å². The number of furan rings is 1. The molecule has 0 aliphatic carbocycles. The molecule has 0 atom stereocenters. The highest BCUT2D eigenvalue weighted by Crippen LogP contribution is 2.45. The van der Waals surface area contributed by atoms with Crippen molar-refractivity contribution >= 4 is 60.9 Å². The minimum absolute atomic E-state index is 0.882. The van der Waals surface area contributed by atoms with Gasteiger partial charge >= 0.3 is 0 Å². The van der Waals surface area contributed by atoms with Gasteiger partial charge < -0.3 is 9.32 Å². The summed E-state index contributed by atoms with van der Waals surface area (Å²) in [5, 5.41) is 4.53. The van der Waals surface area contributed by atoms with Gasteiger partial charge in [0.25, 0.3) is 0 Å². The number of fused-ring (bicyclic) bond motifs is 6. The highest BCUT2D eigenvalue weighted by Gasteiger charge is 2.21. The standard InChI is InChI=1S/C53H35N3O/c1-3-14-36(15-4-1)37-27-29-39(30-28-37)55(40-18-11-19-41(34-40)56-50-25-9-7-20-44(50)48-24-13-33-54-53(48)56)42-31-32-43(38-16-5-2-6-17-38)49(35-42)47-23-12-22-46-45-21-8-10-26-51(45)57-52(46)47/h1-35H. The third-order valence-electron chi connectivity index (χ3n) is 11.1. The Hall–Kier alpha value is -7.69. The molecule has 0 bridgehead atoms. The summed E-state index contributed by atoms with van der Waals surface area (Å²) < 4.78 is 8.93. The summed E-state index contributed by atoms with van der Waals surface area (Å²) in [6, 6.07) is 73.2. The van der Waals surface area contributed by atoms with Gasteiger partial charge in [-0.2, -0.15) is 0 Å². The molecule has 0 N–H and O–H groups in total. The lowest BCUT2D eigenvalue weighted by atomic mass is 9.92. The van der Waals surface area contributed by atoms with E-state index in [2.05, 4.69) is 198 Å². The third-order valence-corrected chi connectivity index (χ3v) is 11.1. The zero-order chi connectivity index (χ0) is 37.7. The molecule has 3 aromatic heterocycles. The molecule has 4 nitrogen and oxygen atoms in total. The maximum Gasteiger partial charge on any atom is 0.145 e. The molecule has 8 aromatic carbocycles. The predicted molar refractivity (Wildman–Crippen MR) is 237 cm³/mol. The first kappa shape index (κ1) is 32.7. The van der Waals surface area contributed by atoms with Crippen molar-refractivity contribution in [2.75, 3.05) is 4.90 Å². The number of benzene rings is 8. The summed E-state index contributed by atoms with van der Waals surface area (Å²) in [6.45, 7) is 0. The Bertz CT molecular complexity index is 3180. The van der Waals surface area contributed by atoms with Crippen LogP contribution in [0.15, 0.2) is 217 Å². The Morgan fingerprint density at radius 1 is 0.404 bits per heavy atom. The van der Waals surface area contributed by atoms with E-state index in [1.54, 1.807) is 0 Å². The van der Waals surface area contributed by atoms with Crippen LogP contribution in [-0.2, 0) is 0 Å². The van der Waals surface area contributed by atoms with Crippen molar-refractivity contribution in [1.29, 1.82) is 0 Å². The second kappa shape index (κ2) is 13.6. The van der Waals surface area contributed by atoms with E-state index in [9.17, 15) is 0 Å². The smallest absolute Gasteiger partial charge is 0.145 e. The number of hydrogen-bond acceptors (Lipinski definition) is 3. The lowest BCUT2D eigenvalue weighted by Gasteiger charge is -2.27. The molecule has 11 rings (SSSR count). The summed E-state index contributed by atoms with van der Waals surface area (Å²) in [7, 11) is 0. The molecule has 0 amide bonds. The average molecular weight is 730 g/mol. The number of pyridine rings is 1. The average Bonchev–Trinajstić information content (AvgIpc) is 3.84. The first-order valence-electron chi connectivity index (χ1n) is 19.3. The Balaban J connectivity index is 1.14. The van der Waals surface area contributed by atoms with E-state index in [1.165, 1.54) is 16.5 Å². The summed E-state index contributed by atoms with van der Waals surface area (Å²) in [5.74, 6) is 0. The molecule has 0 saturated heterocycles. The number of nitrogens with zero attached hydrogens (tertiary/aromatic N) is 3. The molecule has 57 heavy (non-hydrogen) atoms. The highest BCUT2D eigenvalue weighted by atomic mass is 16.3. The van der Waals surface area contributed by atoms with Gasteiger partial charge in [-0.15, -0.1) is 0 Å². The molecular formula is C53H35N3O. The van der Waals surface area contributed by atoms with Gasteiger partial charge in [0, 0.05) is 56.1 Å². The molecule has 0 aliphatic heterocycles. The molecular weight excluding hydrogens is 695 g/mol. The van der Waals surface area contributed by atoms with E-state index in [4.69, 9.17) is 9.40 Å². The molecule has 0 aliphatic rings. The Morgan fingerprint density at radius 2 is 1.05 bits per heavy atom. The molecule has 4 heteroatoms. The summed E-state index contributed by atoms with van der Waals surface area (Å²) in [5.41, 5.74) is 14.7. The summed E-state index contributed by atoms with van der Waals surface area (Å²) in [4.78, 5) is 7.25. The van der Waals surface area contributed by atoms with Crippen molar-refractivity contribution in [3.05, 3.63) is 212 Å². The monoisotopic (exact) mass is 729 g/mol. The summed E-state index contributed by atoms with van der Waals surface area (Å²) >= 11 is 0. The topological polar surface area (TPSA) is 34.2 Å². The van der Waals surface area contributed by atoms with Crippen molar-refractivity contribution in [3.8, 4) is 39.1 Å². The summed E-state index contributed by atoms with van der Waals surface area (Å²) in [6.07, 6.45) is 1.88. The van der Waals surface area contributed by atoms with Gasteiger partial charge in [0.2, 0.25) is 0 Å². The number of para-hydroxylation sites is 3. The van der Waals surface area contributed by atoms with Crippen LogP contribution in [0.3, 0.4) is 0 Å². The predicted octanol–water partition coefficient (Wildman–Crippen LogP) is 14.5. The van der Waals surface area contributed by atoms with Crippen molar-refractivity contribution in [3.63, 3.8) is 0 Å². The Morgan fingerprint density at radius 3 is 1.89 bits per heavy atom. The quantitative estimate of drug-likeness (QED) is 0.164. The van der Waals surface area contributed by atoms with Crippen LogP contribution in [0.25, 0.3) is 82.9 Å². The van der Waals surface area contributed by atoms with Crippen molar-refractivity contribution < 1.29 is 4.42 Å². The van der Waals surface area contributed by atoms with E-state index >= 15 is 0 Å². The van der Waals surface area contributed by atoms with Gasteiger partial charge in [0.15, 0.2) is 0 Å². The van der Waals surface area contributed by atoms with Crippen LogP contribution in [0, 0.1) is 0 Å². The molecule has 3 heterocycles. The van der Waals surface area contributed by atoms with Crippen LogP contribution < -0.4 is 4.90 Å². The third kappa shape index (κ3) is 5.58. The fraction of sp³-hybridized carbons (Fsp3) is 0. The highest BCUT2D eigenvalue weighted by molar-refractivity contribution is 6.11. The van der Waals surface area contributed by atoms with E-state index in [-0.39, 0.29) is 0 Å². The molecule has 0 radical (unpaired) electrons. The zero-order valence-electron chi connectivity index (χ0n) is 31.0. The van der Waals surface area contributed by atoms with Crippen LogP contribution in [0.1, 0.15) is 0 Å². The van der Waals surface area contributed by atoms with Crippen molar-refractivity contribution in [2.24, 2.45) is 0 Å². The molecule has 11 aromatic rings. The molecule has 0 fully saturated rings. The fourth-order valence-electron chi connectivity index (χ4n) is 8.43. The Labute approximate surface area is 330 Å². The van der Waals surface area contributed by atoms with Crippen LogP contribution in [0.4, 0.5) is 17.1 Å². The number of aromatic nitrogens is 2. The first-order valence-corrected chi connectivity index (χ1v) is 19.3. The van der Waals surface area contributed by atoms with Crippen LogP contribution in [-0.4, -0.2) is 9.55 Å². The lowest BCUT2D eigenvalue weighted by Crippen LogP contribution is -2.11. The molecule has 0 unspecified atom stereocenters.